The van der Waals surface area contributed by atoms with E-state index in [1.807, 2.05) is 18.2 Å². The van der Waals surface area contributed by atoms with Crippen molar-refractivity contribution in [2.45, 2.75) is 25.7 Å². The number of benzene rings is 2. The van der Waals surface area contributed by atoms with E-state index in [4.69, 9.17) is 9.47 Å². The van der Waals surface area contributed by atoms with Crippen LogP contribution in [0, 0.1) is 5.41 Å². The number of rotatable bonds is 7. The van der Waals surface area contributed by atoms with E-state index in [-0.39, 0.29) is 12.0 Å². The molecule has 0 radical (unpaired) electrons. The van der Waals surface area contributed by atoms with Crippen LogP contribution in [-0.4, -0.2) is 50.0 Å². The fraction of sp³-hybridized carbons (Fsp3) is 0.440. The Kier molecular flexibility index (Phi) is 6.22. The number of likely N-dealkylation sites (tertiary alicyclic amines) is 1. The summed E-state index contributed by atoms with van der Waals surface area (Å²) in [5.41, 5.74) is 3.71. The van der Waals surface area contributed by atoms with Gasteiger partial charge >= 0.3 is 0 Å². The van der Waals surface area contributed by atoms with Crippen LogP contribution in [0.4, 0.5) is 0 Å². The van der Waals surface area contributed by atoms with E-state index in [2.05, 4.69) is 41.3 Å². The van der Waals surface area contributed by atoms with E-state index in [0.29, 0.717) is 6.61 Å². The van der Waals surface area contributed by atoms with Crippen molar-refractivity contribution in [3.8, 4) is 11.5 Å². The minimum atomic E-state index is -0.00863. The number of aliphatic hydroxyl groups is 1. The Balaban J connectivity index is 1.41. The van der Waals surface area contributed by atoms with E-state index < -0.39 is 0 Å². The molecule has 0 bridgehead atoms. The molecule has 1 saturated heterocycles. The second-order valence-corrected chi connectivity index (χ2v) is 8.45. The van der Waals surface area contributed by atoms with Crippen LogP contribution in [-0.2, 0) is 6.42 Å². The van der Waals surface area contributed by atoms with E-state index >= 15 is 0 Å². The van der Waals surface area contributed by atoms with Gasteiger partial charge in [-0.15, -0.1) is 0 Å². The maximum absolute atomic E-state index is 10.3. The minimum Gasteiger partial charge on any atom is -0.497 e. The van der Waals surface area contributed by atoms with Gasteiger partial charge in [0.2, 0.25) is 0 Å². The first-order valence-corrected chi connectivity index (χ1v) is 10.6. The number of piperidine rings is 1. The summed E-state index contributed by atoms with van der Waals surface area (Å²) in [6.45, 7) is 3.80. The van der Waals surface area contributed by atoms with Crippen molar-refractivity contribution in [1.29, 1.82) is 0 Å². The van der Waals surface area contributed by atoms with Crippen LogP contribution in [0.2, 0.25) is 0 Å². The van der Waals surface area contributed by atoms with Gasteiger partial charge in [-0.3, -0.25) is 4.90 Å². The number of methoxy groups -OCH3 is 1. The quantitative estimate of drug-likeness (QED) is 0.766. The van der Waals surface area contributed by atoms with Gasteiger partial charge in [0.1, 0.15) is 18.1 Å². The van der Waals surface area contributed by atoms with Gasteiger partial charge in [-0.05, 0) is 67.6 Å². The summed E-state index contributed by atoms with van der Waals surface area (Å²) < 4.78 is 11.3. The summed E-state index contributed by atoms with van der Waals surface area (Å²) in [7, 11) is 1.69. The van der Waals surface area contributed by atoms with Gasteiger partial charge < -0.3 is 14.6 Å². The predicted molar refractivity (Wildman–Crippen MR) is 116 cm³/mol. The number of hydrogen-bond donors (Lipinski definition) is 1. The van der Waals surface area contributed by atoms with Crippen LogP contribution in [0.15, 0.2) is 54.1 Å². The molecule has 29 heavy (non-hydrogen) atoms. The van der Waals surface area contributed by atoms with Crippen LogP contribution < -0.4 is 9.47 Å². The zero-order valence-corrected chi connectivity index (χ0v) is 17.3. The van der Waals surface area contributed by atoms with Crippen molar-refractivity contribution in [1.82, 2.24) is 4.90 Å². The first-order chi connectivity index (χ1) is 14.2. The number of ether oxygens (including phenoxy) is 2. The maximum atomic E-state index is 10.3. The number of aryl methyl sites for hydroxylation is 1. The molecule has 2 heterocycles. The summed E-state index contributed by atoms with van der Waals surface area (Å²) >= 11 is 0. The molecule has 0 aromatic heterocycles. The normalized spacial score (nSPS) is 21.8. The van der Waals surface area contributed by atoms with E-state index in [1.54, 1.807) is 7.11 Å². The molecule has 0 amide bonds. The average Bonchev–Trinajstić information content (AvgIpc) is 2.78. The minimum absolute atomic E-state index is 0.00863. The third-order valence-corrected chi connectivity index (χ3v) is 6.28. The van der Waals surface area contributed by atoms with E-state index in [0.717, 1.165) is 62.4 Å². The summed E-state index contributed by atoms with van der Waals surface area (Å²) in [6, 6.07) is 16.5. The van der Waals surface area contributed by atoms with Crippen molar-refractivity contribution in [2.24, 2.45) is 5.41 Å². The van der Waals surface area contributed by atoms with E-state index in [9.17, 15) is 5.11 Å². The molecule has 2 aliphatic heterocycles. The molecule has 0 spiro atoms. The number of nitrogens with zero attached hydrogens (tertiary/aromatic N) is 1. The SMILES string of the molecule is COc1ccc2c(c1)C=C(CN1CCC[C@](CO)(CCc3ccccc3)C1)CO2. The maximum Gasteiger partial charge on any atom is 0.127 e. The average molecular weight is 394 g/mol. The molecular weight excluding hydrogens is 362 g/mol. The highest BCUT2D eigenvalue weighted by Gasteiger charge is 2.35. The lowest BCUT2D eigenvalue weighted by Crippen LogP contribution is -2.46. The van der Waals surface area contributed by atoms with Crippen molar-refractivity contribution in [3.63, 3.8) is 0 Å². The Hall–Kier alpha value is -2.30. The molecule has 4 heteroatoms. The largest absolute Gasteiger partial charge is 0.497 e. The highest BCUT2D eigenvalue weighted by atomic mass is 16.5. The lowest BCUT2D eigenvalue weighted by Gasteiger charge is -2.42. The Labute approximate surface area is 173 Å². The summed E-state index contributed by atoms with van der Waals surface area (Å²) in [5.74, 6) is 1.77. The van der Waals surface area contributed by atoms with Gasteiger partial charge in [-0.1, -0.05) is 30.3 Å². The monoisotopic (exact) mass is 393 g/mol. The van der Waals surface area contributed by atoms with Gasteiger partial charge in [-0.25, -0.2) is 0 Å². The van der Waals surface area contributed by atoms with Crippen LogP contribution in [0.25, 0.3) is 6.08 Å². The lowest BCUT2D eigenvalue weighted by molar-refractivity contribution is 0.0290. The molecule has 2 aromatic carbocycles. The van der Waals surface area contributed by atoms with Crippen LogP contribution in [0.5, 0.6) is 11.5 Å². The number of aliphatic hydroxyl groups excluding tert-OH is 1. The highest BCUT2D eigenvalue weighted by molar-refractivity contribution is 5.64. The second-order valence-electron chi connectivity index (χ2n) is 8.45. The second kappa shape index (κ2) is 9.02. The molecule has 4 rings (SSSR count). The van der Waals surface area contributed by atoms with Crippen LogP contribution in [0.3, 0.4) is 0 Å². The summed E-state index contributed by atoms with van der Waals surface area (Å²) in [6.07, 6.45) is 6.52. The van der Waals surface area contributed by atoms with Crippen LogP contribution in [0.1, 0.15) is 30.4 Å². The Morgan fingerprint density at radius 2 is 2.03 bits per heavy atom. The molecular formula is C25H31NO3. The molecule has 0 saturated carbocycles. The van der Waals surface area contributed by atoms with Gasteiger partial charge in [0, 0.05) is 30.7 Å². The molecule has 154 valence electrons. The Morgan fingerprint density at radius 1 is 1.17 bits per heavy atom. The molecule has 2 aliphatic rings. The topological polar surface area (TPSA) is 41.9 Å². The molecule has 1 fully saturated rings. The van der Waals surface area contributed by atoms with Crippen LogP contribution >= 0.6 is 0 Å². The summed E-state index contributed by atoms with van der Waals surface area (Å²) in [4.78, 5) is 2.49. The lowest BCUT2D eigenvalue weighted by atomic mass is 9.76. The van der Waals surface area contributed by atoms with Gasteiger partial charge in [0.15, 0.2) is 0 Å². The molecule has 1 atom stereocenters. The summed E-state index contributed by atoms with van der Waals surface area (Å²) in [5, 5.41) is 10.3. The van der Waals surface area contributed by atoms with Gasteiger partial charge in [-0.2, -0.15) is 0 Å². The first-order valence-electron chi connectivity index (χ1n) is 10.6. The van der Waals surface area contributed by atoms with Gasteiger partial charge in [0.25, 0.3) is 0 Å². The Morgan fingerprint density at radius 3 is 2.83 bits per heavy atom. The van der Waals surface area contributed by atoms with Crippen molar-refractivity contribution < 1.29 is 14.6 Å². The van der Waals surface area contributed by atoms with Crippen molar-refractivity contribution >= 4 is 6.08 Å². The molecule has 1 N–H and O–H groups in total. The van der Waals surface area contributed by atoms with Crippen molar-refractivity contribution in [2.75, 3.05) is 40.0 Å². The highest BCUT2D eigenvalue weighted by Crippen LogP contribution is 2.36. The molecule has 2 aromatic rings. The third kappa shape index (κ3) is 4.82. The molecule has 4 nitrogen and oxygen atoms in total. The van der Waals surface area contributed by atoms with E-state index in [1.165, 1.54) is 11.1 Å². The zero-order valence-electron chi connectivity index (χ0n) is 17.3. The predicted octanol–water partition coefficient (Wildman–Crippen LogP) is 4.18. The fourth-order valence-corrected chi connectivity index (χ4v) is 4.62. The standard InChI is InChI=1S/C25H31NO3/c1-28-23-8-9-24-22(15-23)14-21(17-29-24)16-26-13-5-11-25(18-26,19-27)12-10-20-6-3-2-4-7-20/h2-4,6-9,14-15,27H,5,10-13,16-19H2,1H3/t25-/m0/s1. The first kappa shape index (κ1) is 20.0. The smallest absolute Gasteiger partial charge is 0.127 e. The third-order valence-electron chi connectivity index (χ3n) is 6.28. The zero-order chi connectivity index (χ0) is 20.1. The molecule has 0 unspecified atom stereocenters. The van der Waals surface area contributed by atoms with Crippen molar-refractivity contribution in [3.05, 3.63) is 65.2 Å². The number of hydrogen-bond acceptors (Lipinski definition) is 4. The number of fused-ring (bicyclic) bond motifs is 1. The fourth-order valence-electron chi connectivity index (χ4n) is 4.62. The van der Waals surface area contributed by atoms with Gasteiger partial charge in [0.05, 0.1) is 7.11 Å². The Bertz CT molecular complexity index is 848. The molecule has 0 aliphatic carbocycles.